The molecule has 28 heavy (non-hydrogen) atoms. The van der Waals surface area contributed by atoms with Crippen LogP contribution in [0.2, 0.25) is 0 Å². The first kappa shape index (κ1) is 18.0. The van der Waals surface area contributed by atoms with Gasteiger partial charge in [-0.05, 0) is 36.2 Å². The fraction of sp³-hybridized carbons (Fsp3) is 0.286. The molecule has 0 atom stereocenters. The first-order valence-corrected chi connectivity index (χ1v) is 9.32. The lowest BCUT2D eigenvalue weighted by molar-refractivity contribution is -0.121. The summed E-state index contributed by atoms with van der Waals surface area (Å²) in [5.41, 5.74) is 1.48. The van der Waals surface area contributed by atoms with Gasteiger partial charge in [-0.3, -0.25) is 9.59 Å². The molecule has 1 amide bonds. The van der Waals surface area contributed by atoms with E-state index in [4.69, 9.17) is 9.47 Å². The molecule has 1 aliphatic heterocycles. The van der Waals surface area contributed by atoms with E-state index in [1.165, 1.54) is 0 Å². The number of aromatic amines is 1. The largest absolute Gasteiger partial charge is 0.486 e. The number of benzene rings is 2. The summed E-state index contributed by atoms with van der Waals surface area (Å²) >= 11 is 0. The normalized spacial score (nSPS) is 12.7. The molecule has 1 aromatic heterocycles. The van der Waals surface area contributed by atoms with Crippen LogP contribution >= 0.6 is 0 Å². The smallest absolute Gasteiger partial charge is 0.258 e. The Labute approximate surface area is 161 Å². The lowest BCUT2D eigenvalue weighted by Gasteiger charge is -2.19. The van der Waals surface area contributed by atoms with E-state index in [2.05, 4.69) is 15.3 Å². The molecule has 2 N–H and O–H groups in total. The average molecular weight is 379 g/mol. The molecule has 144 valence electrons. The minimum Gasteiger partial charge on any atom is -0.486 e. The number of nitrogens with zero attached hydrogens (tertiary/aromatic N) is 1. The maximum absolute atomic E-state index is 12.1. The lowest BCUT2D eigenvalue weighted by atomic mass is 10.1. The number of carbonyl (C=O) groups excluding carboxylic acids is 1. The fourth-order valence-corrected chi connectivity index (χ4v) is 3.16. The first-order valence-electron chi connectivity index (χ1n) is 9.32. The van der Waals surface area contributed by atoms with Crippen molar-refractivity contribution in [3.05, 3.63) is 64.2 Å². The van der Waals surface area contributed by atoms with Crippen molar-refractivity contribution in [1.29, 1.82) is 0 Å². The molecule has 2 aromatic carbocycles. The SMILES string of the molecule is O=C(CCCc1nc2ccccc2c(=O)[nH]1)NCc1ccc2c(c1)OCCO2. The minimum atomic E-state index is -0.149. The van der Waals surface area contributed by atoms with E-state index in [0.29, 0.717) is 61.5 Å². The summed E-state index contributed by atoms with van der Waals surface area (Å²) < 4.78 is 11.0. The monoisotopic (exact) mass is 379 g/mol. The fourth-order valence-electron chi connectivity index (χ4n) is 3.16. The Hall–Kier alpha value is -3.35. The van der Waals surface area contributed by atoms with Gasteiger partial charge in [-0.25, -0.2) is 4.98 Å². The van der Waals surface area contributed by atoms with Crippen molar-refractivity contribution >= 4 is 16.8 Å². The molecule has 0 fully saturated rings. The van der Waals surface area contributed by atoms with Gasteiger partial charge in [0.2, 0.25) is 5.91 Å². The molecule has 7 heteroatoms. The summed E-state index contributed by atoms with van der Waals surface area (Å²) in [5, 5.41) is 3.48. The summed E-state index contributed by atoms with van der Waals surface area (Å²) in [4.78, 5) is 31.4. The highest BCUT2D eigenvalue weighted by Gasteiger charge is 2.12. The van der Waals surface area contributed by atoms with E-state index < -0.39 is 0 Å². The van der Waals surface area contributed by atoms with Crippen LogP contribution < -0.4 is 20.3 Å². The van der Waals surface area contributed by atoms with Gasteiger partial charge < -0.3 is 19.8 Å². The van der Waals surface area contributed by atoms with Crippen molar-refractivity contribution in [3.63, 3.8) is 0 Å². The zero-order valence-electron chi connectivity index (χ0n) is 15.4. The van der Waals surface area contributed by atoms with Crippen molar-refractivity contribution in [3.8, 4) is 11.5 Å². The van der Waals surface area contributed by atoms with Gasteiger partial charge in [-0.15, -0.1) is 0 Å². The second kappa shape index (κ2) is 8.12. The minimum absolute atomic E-state index is 0.0435. The number of ether oxygens (including phenoxy) is 2. The highest BCUT2D eigenvalue weighted by atomic mass is 16.6. The second-order valence-electron chi connectivity index (χ2n) is 6.64. The van der Waals surface area contributed by atoms with Gasteiger partial charge in [0.05, 0.1) is 10.9 Å². The number of para-hydroxylation sites is 1. The summed E-state index contributed by atoms with van der Waals surface area (Å²) in [6.45, 7) is 1.52. The molecule has 4 rings (SSSR count). The van der Waals surface area contributed by atoms with Crippen molar-refractivity contribution in [2.24, 2.45) is 0 Å². The summed E-state index contributed by atoms with van der Waals surface area (Å²) in [6.07, 6.45) is 1.51. The van der Waals surface area contributed by atoms with Gasteiger partial charge in [0.1, 0.15) is 19.0 Å². The van der Waals surface area contributed by atoms with Crippen LogP contribution in [0, 0.1) is 0 Å². The van der Waals surface area contributed by atoms with Gasteiger partial charge in [0.25, 0.3) is 5.56 Å². The maximum atomic E-state index is 12.1. The third kappa shape index (κ3) is 4.14. The quantitative estimate of drug-likeness (QED) is 0.686. The molecule has 2 heterocycles. The third-order valence-electron chi connectivity index (χ3n) is 4.58. The molecule has 7 nitrogen and oxygen atoms in total. The van der Waals surface area contributed by atoms with Crippen molar-refractivity contribution in [2.45, 2.75) is 25.8 Å². The number of aromatic nitrogens is 2. The Balaban J connectivity index is 1.27. The highest BCUT2D eigenvalue weighted by Crippen LogP contribution is 2.30. The number of aryl methyl sites for hydroxylation is 1. The van der Waals surface area contributed by atoms with Crippen molar-refractivity contribution in [1.82, 2.24) is 15.3 Å². The lowest BCUT2D eigenvalue weighted by Crippen LogP contribution is -2.23. The molecule has 0 aliphatic carbocycles. The van der Waals surface area contributed by atoms with Crippen LogP contribution in [-0.2, 0) is 17.8 Å². The van der Waals surface area contributed by atoms with Gasteiger partial charge >= 0.3 is 0 Å². The number of hydrogen-bond acceptors (Lipinski definition) is 5. The van der Waals surface area contributed by atoms with Crippen LogP contribution in [0.15, 0.2) is 47.3 Å². The molecule has 0 saturated heterocycles. The standard InChI is InChI=1S/C21H21N3O4/c25-20(22-13-14-8-9-17-18(12-14)28-11-10-27-17)7-3-6-19-23-16-5-2-1-4-15(16)21(26)24-19/h1-2,4-5,8-9,12H,3,6-7,10-11,13H2,(H,22,25)(H,23,24,26). The third-order valence-corrected chi connectivity index (χ3v) is 4.58. The van der Waals surface area contributed by atoms with Crippen LogP contribution in [0.3, 0.4) is 0 Å². The van der Waals surface area contributed by atoms with E-state index in [9.17, 15) is 9.59 Å². The Morgan fingerprint density at radius 3 is 2.82 bits per heavy atom. The molecule has 3 aromatic rings. The Morgan fingerprint density at radius 1 is 1.11 bits per heavy atom. The summed E-state index contributed by atoms with van der Waals surface area (Å²) in [6, 6.07) is 12.9. The van der Waals surface area contributed by atoms with Gasteiger partial charge in [0.15, 0.2) is 11.5 Å². The molecule has 0 bridgehead atoms. The molecule has 0 unspecified atom stereocenters. The number of rotatable bonds is 6. The van der Waals surface area contributed by atoms with Gasteiger partial charge in [-0.2, -0.15) is 0 Å². The highest BCUT2D eigenvalue weighted by molar-refractivity contribution is 5.77. The number of fused-ring (bicyclic) bond motifs is 2. The molecule has 0 saturated carbocycles. The van der Waals surface area contributed by atoms with Gasteiger partial charge in [-0.1, -0.05) is 18.2 Å². The molecule has 1 aliphatic rings. The molecular weight excluding hydrogens is 358 g/mol. The van der Waals surface area contributed by atoms with E-state index in [-0.39, 0.29) is 11.5 Å². The predicted molar refractivity (Wildman–Crippen MR) is 105 cm³/mol. The van der Waals surface area contributed by atoms with Crippen LogP contribution in [0.5, 0.6) is 11.5 Å². The van der Waals surface area contributed by atoms with Crippen LogP contribution in [0.4, 0.5) is 0 Å². The number of amides is 1. The summed E-state index contributed by atoms with van der Waals surface area (Å²) in [5.74, 6) is 2.00. The summed E-state index contributed by atoms with van der Waals surface area (Å²) in [7, 11) is 0. The number of nitrogens with one attached hydrogen (secondary N) is 2. The van der Waals surface area contributed by atoms with E-state index in [1.807, 2.05) is 36.4 Å². The Kier molecular flexibility index (Phi) is 5.23. The second-order valence-corrected chi connectivity index (χ2v) is 6.64. The van der Waals surface area contributed by atoms with E-state index in [1.54, 1.807) is 6.07 Å². The molecule has 0 spiro atoms. The zero-order chi connectivity index (χ0) is 19.3. The van der Waals surface area contributed by atoms with Crippen LogP contribution in [0.25, 0.3) is 10.9 Å². The topological polar surface area (TPSA) is 93.3 Å². The number of H-pyrrole nitrogens is 1. The Morgan fingerprint density at radius 2 is 1.93 bits per heavy atom. The number of carbonyl (C=O) groups is 1. The molecule has 0 radical (unpaired) electrons. The Bertz CT molecular complexity index is 1060. The van der Waals surface area contributed by atoms with Crippen molar-refractivity contribution in [2.75, 3.05) is 13.2 Å². The van der Waals surface area contributed by atoms with Crippen LogP contribution in [0.1, 0.15) is 24.2 Å². The number of hydrogen-bond donors (Lipinski definition) is 2. The van der Waals surface area contributed by atoms with Crippen LogP contribution in [-0.4, -0.2) is 29.1 Å². The first-order chi connectivity index (χ1) is 13.7. The zero-order valence-corrected chi connectivity index (χ0v) is 15.4. The van der Waals surface area contributed by atoms with Gasteiger partial charge in [0, 0.05) is 19.4 Å². The maximum Gasteiger partial charge on any atom is 0.258 e. The van der Waals surface area contributed by atoms with E-state index >= 15 is 0 Å². The van der Waals surface area contributed by atoms with Crippen molar-refractivity contribution < 1.29 is 14.3 Å². The molecular formula is C21H21N3O4. The predicted octanol–water partition coefficient (Wildman–Crippen LogP) is 2.33. The van der Waals surface area contributed by atoms with E-state index in [0.717, 1.165) is 11.3 Å². The average Bonchev–Trinajstić information content (AvgIpc) is 2.72.